The van der Waals surface area contributed by atoms with Crippen LogP contribution < -0.4 is 5.32 Å². The molecule has 0 heterocycles. The molecule has 106 valence electrons. The first-order chi connectivity index (χ1) is 9.38. The molecular formula is C13H16N4O2S. The quantitative estimate of drug-likeness (QED) is 0.827. The van der Waals surface area contributed by atoms with E-state index in [9.17, 15) is 8.42 Å². The first-order valence-electron chi connectivity index (χ1n) is 5.91. The van der Waals surface area contributed by atoms with Crippen LogP contribution in [0.5, 0.6) is 0 Å². The van der Waals surface area contributed by atoms with E-state index in [1.54, 1.807) is 45.2 Å². The number of nitrogens with zero attached hydrogens (tertiary/aromatic N) is 3. The van der Waals surface area contributed by atoms with Crippen LogP contribution in [0.15, 0.2) is 17.0 Å². The van der Waals surface area contributed by atoms with Crippen LogP contribution in [-0.4, -0.2) is 32.9 Å². The standard InChI is InChI=1S/C13H16N4O2S/c1-10-8-12(16-3)9-11(2)13(10)20(18,19)17(6-4-14)7-5-15/h8-9,16H,6-7H2,1-3H3. The fourth-order valence-corrected chi connectivity index (χ4v) is 3.66. The summed E-state index contributed by atoms with van der Waals surface area (Å²) in [6.45, 7) is 2.69. The van der Waals surface area contributed by atoms with Gasteiger partial charge < -0.3 is 5.32 Å². The Labute approximate surface area is 119 Å². The molecule has 1 N–H and O–H groups in total. The number of benzene rings is 1. The van der Waals surface area contributed by atoms with Crippen molar-refractivity contribution < 1.29 is 8.42 Å². The van der Waals surface area contributed by atoms with Gasteiger partial charge in [-0.15, -0.1) is 0 Å². The summed E-state index contributed by atoms with van der Waals surface area (Å²) in [6, 6.07) is 6.98. The molecule has 0 aliphatic heterocycles. The highest BCUT2D eigenvalue weighted by Crippen LogP contribution is 2.26. The monoisotopic (exact) mass is 292 g/mol. The topological polar surface area (TPSA) is 97.0 Å². The SMILES string of the molecule is CNc1cc(C)c(S(=O)(=O)N(CC#N)CC#N)c(C)c1. The average molecular weight is 292 g/mol. The van der Waals surface area contributed by atoms with Gasteiger partial charge in [-0.25, -0.2) is 8.42 Å². The smallest absolute Gasteiger partial charge is 0.245 e. The number of anilines is 1. The van der Waals surface area contributed by atoms with Crippen LogP contribution >= 0.6 is 0 Å². The van der Waals surface area contributed by atoms with Crippen molar-refractivity contribution in [3.8, 4) is 12.1 Å². The fourth-order valence-electron chi connectivity index (χ4n) is 2.01. The minimum Gasteiger partial charge on any atom is -0.388 e. The molecule has 0 aromatic heterocycles. The van der Waals surface area contributed by atoms with Gasteiger partial charge in [0.25, 0.3) is 0 Å². The van der Waals surface area contributed by atoms with Gasteiger partial charge in [0, 0.05) is 12.7 Å². The number of sulfonamides is 1. The maximum Gasteiger partial charge on any atom is 0.245 e. The Hall–Kier alpha value is -2.09. The molecule has 6 nitrogen and oxygen atoms in total. The van der Waals surface area contributed by atoms with Crippen LogP contribution in [0.3, 0.4) is 0 Å². The predicted octanol–water partition coefficient (Wildman–Crippen LogP) is 1.38. The molecule has 20 heavy (non-hydrogen) atoms. The number of hydrogen-bond donors (Lipinski definition) is 1. The van der Waals surface area contributed by atoms with Gasteiger partial charge in [-0.2, -0.15) is 14.8 Å². The van der Waals surface area contributed by atoms with Crippen molar-refractivity contribution in [1.29, 1.82) is 10.5 Å². The summed E-state index contributed by atoms with van der Waals surface area (Å²) in [5, 5.41) is 20.4. The maximum atomic E-state index is 12.6. The van der Waals surface area contributed by atoms with Crippen LogP contribution in [0.25, 0.3) is 0 Å². The maximum absolute atomic E-state index is 12.6. The molecule has 7 heteroatoms. The second kappa shape index (κ2) is 6.38. The van der Waals surface area contributed by atoms with Crippen molar-refractivity contribution in [2.24, 2.45) is 0 Å². The first kappa shape index (κ1) is 16.0. The number of rotatable bonds is 5. The summed E-state index contributed by atoms with van der Waals surface area (Å²) in [5.41, 5.74) is 1.97. The Kier molecular flexibility index (Phi) is 5.09. The molecule has 0 unspecified atom stereocenters. The Bertz CT molecular complexity index is 644. The lowest BCUT2D eigenvalue weighted by molar-refractivity contribution is 0.478. The third-order valence-electron chi connectivity index (χ3n) is 2.84. The van der Waals surface area contributed by atoms with Gasteiger partial charge >= 0.3 is 0 Å². The molecule has 0 radical (unpaired) electrons. The zero-order valence-corrected chi connectivity index (χ0v) is 12.5. The van der Waals surface area contributed by atoms with E-state index in [4.69, 9.17) is 10.5 Å². The van der Waals surface area contributed by atoms with E-state index >= 15 is 0 Å². The largest absolute Gasteiger partial charge is 0.388 e. The first-order valence-corrected chi connectivity index (χ1v) is 7.35. The van der Waals surface area contributed by atoms with Crippen molar-refractivity contribution in [2.45, 2.75) is 18.7 Å². The second-order valence-electron chi connectivity index (χ2n) is 4.28. The van der Waals surface area contributed by atoms with E-state index in [2.05, 4.69) is 5.32 Å². The molecule has 1 rings (SSSR count). The number of hydrogen-bond acceptors (Lipinski definition) is 5. The van der Waals surface area contributed by atoms with Gasteiger partial charge in [0.05, 0.1) is 17.0 Å². The summed E-state index contributed by atoms with van der Waals surface area (Å²) in [6.07, 6.45) is 0. The highest BCUT2D eigenvalue weighted by Gasteiger charge is 2.27. The summed E-state index contributed by atoms with van der Waals surface area (Å²) < 4.78 is 26.0. The molecule has 0 spiro atoms. The number of nitrogens with one attached hydrogen (secondary N) is 1. The Balaban J connectivity index is 3.43. The lowest BCUT2D eigenvalue weighted by atomic mass is 10.1. The van der Waals surface area contributed by atoms with Crippen molar-refractivity contribution in [3.05, 3.63) is 23.3 Å². The van der Waals surface area contributed by atoms with Gasteiger partial charge in [-0.3, -0.25) is 0 Å². The Morgan fingerprint density at radius 2 is 1.60 bits per heavy atom. The van der Waals surface area contributed by atoms with Gasteiger partial charge in [0.15, 0.2) is 0 Å². The van der Waals surface area contributed by atoms with Crippen LogP contribution in [0, 0.1) is 36.5 Å². The Morgan fingerprint density at radius 1 is 1.15 bits per heavy atom. The van der Waals surface area contributed by atoms with Gasteiger partial charge in [-0.05, 0) is 37.1 Å². The molecule has 0 saturated heterocycles. The van der Waals surface area contributed by atoms with Crippen LogP contribution in [0.1, 0.15) is 11.1 Å². The molecule has 0 aliphatic carbocycles. The molecule has 1 aromatic rings. The summed E-state index contributed by atoms with van der Waals surface area (Å²) in [4.78, 5) is 0.155. The van der Waals surface area contributed by atoms with Crippen LogP contribution in [-0.2, 0) is 10.0 Å². The van der Waals surface area contributed by atoms with E-state index in [0.717, 1.165) is 9.99 Å². The third-order valence-corrected chi connectivity index (χ3v) is 4.94. The highest BCUT2D eigenvalue weighted by molar-refractivity contribution is 7.89. The van der Waals surface area contributed by atoms with Crippen LogP contribution in [0.2, 0.25) is 0 Å². The molecule has 0 saturated carbocycles. The van der Waals surface area contributed by atoms with Gasteiger partial charge in [0.2, 0.25) is 10.0 Å². The normalized spacial score (nSPS) is 10.9. The highest BCUT2D eigenvalue weighted by atomic mass is 32.2. The minimum atomic E-state index is -3.85. The Morgan fingerprint density at radius 3 is 1.95 bits per heavy atom. The van der Waals surface area contributed by atoms with E-state index in [0.29, 0.717) is 11.1 Å². The fraction of sp³-hybridized carbons (Fsp3) is 0.385. The minimum absolute atomic E-state index is 0.155. The lowest BCUT2D eigenvalue weighted by Gasteiger charge is -2.20. The zero-order valence-electron chi connectivity index (χ0n) is 11.6. The number of aryl methyl sites for hydroxylation is 2. The van der Waals surface area contributed by atoms with E-state index in [-0.39, 0.29) is 18.0 Å². The van der Waals surface area contributed by atoms with Crippen molar-refractivity contribution in [1.82, 2.24) is 4.31 Å². The molecular weight excluding hydrogens is 276 g/mol. The average Bonchev–Trinajstić information content (AvgIpc) is 2.37. The van der Waals surface area contributed by atoms with E-state index in [1.165, 1.54) is 0 Å². The zero-order chi connectivity index (χ0) is 15.3. The molecule has 1 aromatic carbocycles. The van der Waals surface area contributed by atoms with Gasteiger partial charge in [0.1, 0.15) is 13.1 Å². The molecule has 0 amide bonds. The van der Waals surface area contributed by atoms with Crippen LogP contribution in [0.4, 0.5) is 5.69 Å². The van der Waals surface area contributed by atoms with Crippen molar-refractivity contribution >= 4 is 15.7 Å². The number of nitriles is 2. The van der Waals surface area contributed by atoms with Crippen molar-refractivity contribution in [3.63, 3.8) is 0 Å². The summed E-state index contributed by atoms with van der Waals surface area (Å²) in [5.74, 6) is 0. The van der Waals surface area contributed by atoms with E-state index < -0.39 is 10.0 Å². The molecule has 0 atom stereocenters. The van der Waals surface area contributed by atoms with E-state index in [1.807, 2.05) is 0 Å². The van der Waals surface area contributed by atoms with Gasteiger partial charge in [-0.1, -0.05) is 0 Å². The lowest BCUT2D eigenvalue weighted by Crippen LogP contribution is -2.32. The molecule has 0 aliphatic rings. The summed E-state index contributed by atoms with van der Waals surface area (Å²) in [7, 11) is -2.10. The van der Waals surface area contributed by atoms with Crippen molar-refractivity contribution in [2.75, 3.05) is 25.5 Å². The molecule has 0 fully saturated rings. The second-order valence-corrected chi connectivity index (χ2v) is 6.15. The third kappa shape index (κ3) is 3.08. The summed E-state index contributed by atoms with van der Waals surface area (Å²) >= 11 is 0. The predicted molar refractivity (Wildman–Crippen MR) is 75.4 cm³/mol. The molecule has 0 bridgehead atoms.